The van der Waals surface area contributed by atoms with Crippen LogP contribution < -0.4 is 10.6 Å². The standard InChI is InChI=1S/C23H20F2N2O2/c1-15(28)26-20-10-12-21(13-11-20)27-23(29)22(17-4-8-19(25)9-5-17)14-16-2-6-18(24)7-3-16/h2-13,22H,14H2,1H3,(H,26,28)(H,27,29). The normalized spacial score (nSPS) is 11.6. The SMILES string of the molecule is CC(=O)Nc1ccc(NC(=O)C(Cc2ccc(F)cc2)c2ccc(F)cc2)cc1. The van der Waals surface area contributed by atoms with E-state index in [1.807, 2.05) is 0 Å². The van der Waals surface area contributed by atoms with Crippen LogP contribution in [0.5, 0.6) is 0 Å². The van der Waals surface area contributed by atoms with Crippen molar-refractivity contribution in [1.82, 2.24) is 0 Å². The van der Waals surface area contributed by atoms with E-state index in [1.165, 1.54) is 31.2 Å². The summed E-state index contributed by atoms with van der Waals surface area (Å²) in [5.41, 5.74) is 2.63. The minimum Gasteiger partial charge on any atom is -0.326 e. The molecule has 0 saturated heterocycles. The molecule has 0 aliphatic heterocycles. The zero-order valence-corrected chi connectivity index (χ0v) is 15.8. The number of carbonyl (C=O) groups excluding carboxylic acids is 2. The second-order valence-electron chi connectivity index (χ2n) is 6.68. The molecule has 148 valence electrons. The molecule has 4 nitrogen and oxygen atoms in total. The highest BCUT2D eigenvalue weighted by atomic mass is 19.1. The molecule has 0 aliphatic rings. The Balaban J connectivity index is 1.80. The molecule has 1 unspecified atom stereocenters. The van der Waals surface area contributed by atoms with Gasteiger partial charge in [-0.05, 0) is 66.1 Å². The van der Waals surface area contributed by atoms with Crippen LogP contribution in [0.25, 0.3) is 0 Å². The molecule has 0 aromatic heterocycles. The van der Waals surface area contributed by atoms with Crippen molar-refractivity contribution in [2.45, 2.75) is 19.3 Å². The fraction of sp³-hybridized carbons (Fsp3) is 0.130. The van der Waals surface area contributed by atoms with Crippen LogP contribution in [0.1, 0.15) is 24.0 Å². The number of rotatable bonds is 6. The van der Waals surface area contributed by atoms with Crippen LogP contribution in [0.4, 0.5) is 20.2 Å². The van der Waals surface area contributed by atoms with Gasteiger partial charge in [0.15, 0.2) is 0 Å². The largest absolute Gasteiger partial charge is 0.326 e. The molecule has 0 bridgehead atoms. The summed E-state index contributed by atoms with van der Waals surface area (Å²) in [7, 11) is 0. The molecule has 0 radical (unpaired) electrons. The summed E-state index contributed by atoms with van der Waals surface area (Å²) in [6.07, 6.45) is 0.335. The first-order chi connectivity index (χ1) is 13.9. The first-order valence-corrected chi connectivity index (χ1v) is 9.09. The molecule has 3 aromatic rings. The van der Waals surface area contributed by atoms with Crippen molar-refractivity contribution in [2.24, 2.45) is 0 Å². The maximum atomic E-state index is 13.3. The number of amides is 2. The van der Waals surface area contributed by atoms with Crippen LogP contribution in [0.3, 0.4) is 0 Å². The Morgan fingerprint density at radius 3 is 1.76 bits per heavy atom. The zero-order chi connectivity index (χ0) is 20.8. The highest BCUT2D eigenvalue weighted by Crippen LogP contribution is 2.24. The summed E-state index contributed by atoms with van der Waals surface area (Å²) in [6, 6.07) is 18.4. The molecule has 6 heteroatoms. The highest BCUT2D eigenvalue weighted by Gasteiger charge is 2.21. The van der Waals surface area contributed by atoms with Gasteiger partial charge in [-0.25, -0.2) is 8.78 Å². The van der Waals surface area contributed by atoms with Crippen LogP contribution in [0, 0.1) is 11.6 Å². The van der Waals surface area contributed by atoms with Gasteiger partial charge in [-0.3, -0.25) is 9.59 Å². The minimum atomic E-state index is -0.587. The second kappa shape index (κ2) is 9.10. The van der Waals surface area contributed by atoms with E-state index in [-0.39, 0.29) is 23.4 Å². The molecule has 1 atom stereocenters. The summed E-state index contributed by atoms with van der Waals surface area (Å²) in [6.45, 7) is 1.42. The van der Waals surface area contributed by atoms with E-state index in [4.69, 9.17) is 0 Å². The summed E-state index contributed by atoms with van der Waals surface area (Å²) < 4.78 is 26.5. The fourth-order valence-electron chi connectivity index (χ4n) is 2.98. The van der Waals surface area contributed by atoms with Crippen LogP contribution in [0.2, 0.25) is 0 Å². The first-order valence-electron chi connectivity index (χ1n) is 9.09. The van der Waals surface area contributed by atoms with Gasteiger partial charge >= 0.3 is 0 Å². The van der Waals surface area contributed by atoms with Crippen molar-refractivity contribution in [3.05, 3.63) is 95.6 Å². The van der Waals surface area contributed by atoms with Crippen molar-refractivity contribution in [1.29, 1.82) is 0 Å². The Morgan fingerprint density at radius 2 is 1.24 bits per heavy atom. The van der Waals surface area contributed by atoms with Gasteiger partial charge in [-0.15, -0.1) is 0 Å². The fourth-order valence-corrected chi connectivity index (χ4v) is 2.98. The summed E-state index contributed by atoms with van der Waals surface area (Å²) in [5, 5.41) is 5.51. The first kappa shape index (κ1) is 20.2. The Hall–Kier alpha value is -3.54. The third-order valence-electron chi connectivity index (χ3n) is 4.41. The lowest BCUT2D eigenvalue weighted by Gasteiger charge is -2.18. The number of anilines is 2. The van der Waals surface area contributed by atoms with Crippen LogP contribution in [0.15, 0.2) is 72.8 Å². The Kier molecular flexibility index (Phi) is 6.34. The lowest BCUT2D eigenvalue weighted by atomic mass is 9.91. The van der Waals surface area contributed by atoms with Crippen molar-refractivity contribution >= 4 is 23.2 Å². The summed E-state index contributed by atoms with van der Waals surface area (Å²) in [4.78, 5) is 24.1. The lowest BCUT2D eigenvalue weighted by molar-refractivity contribution is -0.117. The van der Waals surface area contributed by atoms with Gasteiger partial charge < -0.3 is 10.6 Å². The second-order valence-corrected chi connectivity index (χ2v) is 6.68. The van der Waals surface area contributed by atoms with Gasteiger partial charge in [0.1, 0.15) is 11.6 Å². The lowest BCUT2D eigenvalue weighted by Crippen LogP contribution is -2.23. The van der Waals surface area contributed by atoms with E-state index in [2.05, 4.69) is 10.6 Å². The number of hydrogen-bond donors (Lipinski definition) is 2. The van der Waals surface area contributed by atoms with Gasteiger partial charge in [-0.1, -0.05) is 24.3 Å². The smallest absolute Gasteiger partial charge is 0.232 e. The molecule has 0 spiro atoms. The summed E-state index contributed by atoms with van der Waals surface area (Å²) in [5.74, 6) is -1.78. The molecular formula is C23H20F2N2O2. The predicted molar refractivity (Wildman–Crippen MR) is 109 cm³/mol. The van der Waals surface area contributed by atoms with Gasteiger partial charge in [-0.2, -0.15) is 0 Å². The number of hydrogen-bond acceptors (Lipinski definition) is 2. The number of benzene rings is 3. The van der Waals surface area contributed by atoms with E-state index in [1.54, 1.807) is 48.5 Å². The molecule has 3 aromatic carbocycles. The quantitative estimate of drug-likeness (QED) is 0.626. The van der Waals surface area contributed by atoms with E-state index in [9.17, 15) is 18.4 Å². The third kappa shape index (κ3) is 5.72. The van der Waals surface area contributed by atoms with E-state index >= 15 is 0 Å². The number of nitrogens with one attached hydrogen (secondary N) is 2. The monoisotopic (exact) mass is 394 g/mol. The Labute approximate surface area is 167 Å². The molecule has 2 N–H and O–H groups in total. The van der Waals surface area contributed by atoms with Crippen molar-refractivity contribution < 1.29 is 18.4 Å². The van der Waals surface area contributed by atoms with Gasteiger partial charge in [0, 0.05) is 18.3 Å². The molecule has 0 heterocycles. The van der Waals surface area contributed by atoms with Gasteiger partial charge in [0.25, 0.3) is 0 Å². The average molecular weight is 394 g/mol. The van der Waals surface area contributed by atoms with Crippen LogP contribution in [-0.4, -0.2) is 11.8 Å². The molecular weight excluding hydrogens is 374 g/mol. The summed E-state index contributed by atoms with van der Waals surface area (Å²) >= 11 is 0. The number of halogens is 2. The minimum absolute atomic E-state index is 0.183. The average Bonchev–Trinajstić information content (AvgIpc) is 2.69. The van der Waals surface area contributed by atoms with E-state index < -0.39 is 5.92 Å². The maximum Gasteiger partial charge on any atom is 0.232 e. The topological polar surface area (TPSA) is 58.2 Å². The Bertz CT molecular complexity index is 985. The van der Waals surface area contributed by atoms with Gasteiger partial charge in [0.2, 0.25) is 11.8 Å². The maximum absolute atomic E-state index is 13.3. The van der Waals surface area contributed by atoms with E-state index in [0.29, 0.717) is 23.4 Å². The molecule has 0 aliphatic carbocycles. The van der Waals surface area contributed by atoms with Crippen molar-refractivity contribution in [3.63, 3.8) is 0 Å². The molecule has 0 saturated carbocycles. The van der Waals surface area contributed by atoms with E-state index in [0.717, 1.165) is 5.56 Å². The highest BCUT2D eigenvalue weighted by molar-refractivity contribution is 5.96. The third-order valence-corrected chi connectivity index (χ3v) is 4.41. The molecule has 29 heavy (non-hydrogen) atoms. The van der Waals surface area contributed by atoms with Crippen molar-refractivity contribution in [2.75, 3.05) is 10.6 Å². The zero-order valence-electron chi connectivity index (χ0n) is 15.8. The predicted octanol–water partition coefficient (Wildman–Crippen LogP) is 4.89. The van der Waals surface area contributed by atoms with Crippen LogP contribution in [-0.2, 0) is 16.0 Å². The Morgan fingerprint density at radius 1 is 0.759 bits per heavy atom. The molecule has 2 amide bonds. The molecule has 3 rings (SSSR count). The van der Waals surface area contributed by atoms with Crippen LogP contribution >= 0.6 is 0 Å². The van der Waals surface area contributed by atoms with Gasteiger partial charge in [0.05, 0.1) is 5.92 Å². The molecule has 0 fully saturated rings. The van der Waals surface area contributed by atoms with Crippen molar-refractivity contribution in [3.8, 4) is 0 Å². The number of carbonyl (C=O) groups is 2.